The molecule has 0 aliphatic heterocycles. The maximum absolute atomic E-state index is 11.6. The van der Waals surface area contributed by atoms with Gasteiger partial charge in [0, 0.05) is 0 Å². The molecule has 0 aromatic carbocycles. The Morgan fingerprint density at radius 2 is 2.47 bits per heavy atom. The molecule has 15 heavy (non-hydrogen) atoms. The summed E-state index contributed by atoms with van der Waals surface area (Å²) >= 11 is 1.60. The minimum Gasteiger partial charge on any atom is -0.348 e. The van der Waals surface area contributed by atoms with Crippen LogP contribution in [0.25, 0.3) is 0 Å². The van der Waals surface area contributed by atoms with E-state index in [0.717, 1.165) is 5.56 Å². The number of nitrogens with one attached hydrogen (secondary N) is 1. The number of hydrogen-bond donors (Lipinski definition) is 1. The predicted octanol–water partition coefficient (Wildman–Crippen LogP) is 2.48. The highest BCUT2D eigenvalue weighted by Gasteiger charge is 2.17. The highest BCUT2D eigenvalue weighted by molar-refractivity contribution is 7.07. The predicted molar refractivity (Wildman–Crippen MR) is 60.3 cm³/mol. The molecule has 0 spiro atoms. The molecule has 1 aromatic rings. The first-order chi connectivity index (χ1) is 7.19. The molecule has 80 valence electrons. The van der Waals surface area contributed by atoms with Crippen LogP contribution in [0.1, 0.15) is 31.9 Å². The second-order valence-corrected chi connectivity index (χ2v) is 4.16. The average molecular weight is 222 g/mol. The molecule has 0 saturated carbocycles. The van der Waals surface area contributed by atoms with E-state index >= 15 is 0 Å². The van der Waals surface area contributed by atoms with Crippen molar-refractivity contribution in [2.75, 3.05) is 0 Å². The molecule has 1 amide bonds. The summed E-state index contributed by atoms with van der Waals surface area (Å²) in [5, 5.41) is 15.5. The van der Waals surface area contributed by atoms with Crippen molar-refractivity contribution in [3.63, 3.8) is 0 Å². The average Bonchev–Trinajstić information content (AvgIpc) is 2.72. The highest BCUT2D eigenvalue weighted by Crippen LogP contribution is 2.16. The molecular formula is C11H14N2OS. The van der Waals surface area contributed by atoms with Gasteiger partial charge in [-0.25, -0.2) is 0 Å². The first kappa shape index (κ1) is 11.7. The Morgan fingerprint density at radius 1 is 1.73 bits per heavy atom. The molecule has 0 radical (unpaired) electrons. The number of carbonyl (C=O) groups is 1. The molecule has 1 N–H and O–H groups in total. The van der Waals surface area contributed by atoms with Gasteiger partial charge in [-0.2, -0.15) is 16.6 Å². The Morgan fingerprint density at radius 3 is 2.93 bits per heavy atom. The van der Waals surface area contributed by atoms with Crippen LogP contribution < -0.4 is 5.32 Å². The molecule has 0 bridgehead atoms. The van der Waals surface area contributed by atoms with Crippen molar-refractivity contribution < 1.29 is 4.79 Å². The number of hydrogen-bond acceptors (Lipinski definition) is 3. The van der Waals surface area contributed by atoms with Crippen molar-refractivity contribution in [3.8, 4) is 6.07 Å². The highest BCUT2D eigenvalue weighted by atomic mass is 32.1. The molecular weight excluding hydrogens is 208 g/mol. The van der Waals surface area contributed by atoms with Crippen LogP contribution >= 0.6 is 11.3 Å². The van der Waals surface area contributed by atoms with Crippen molar-refractivity contribution in [2.45, 2.75) is 26.3 Å². The van der Waals surface area contributed by atoms with Crippen molar-refractivity contribution in [2.24, 2.45) is 5.92 Å². The summed E-state index contributed by atoms with van der Waals surface area (Å²) in [6.07, 6.45) is 0.554. The van der Waals surface area contributed by atoms with Gasteiger partial charge in [0.25, 0.3) is 0 Å². The molecule has 3 nitrogen and oxygen atoms in total. The molecule has 0 aliphatic carbocycles. The third-order valence-electron chi connectivity index (χ3n) is 2.28. The maximum atomic E-state index is 11.6. The van der Waals surface area contributed by atoms with E-state index < -0.39 is 5.92 Å². The Labute approximate surface area is 93.7 Å². The monoisotopic (exact) mass is 222 g/mol. The van der Waals surface area contributed by atoms with E-state index in [1.165, 1.54) is 0 Å². The number of nitriles is 1. The van der Waals surface area contributed by atoms with Crippen LogP contribution in [0.15, 0.2) is 16.8 Å². The first-order valence-corrected chi connectivity index (χ1v) is 5.85. The zero-order valence-corrected chi connectivity index (χ0v) is 9.67. The van der Waals surface area contributed by atoms with Gasteiger partial charge in [0.2, 0.25) is 5.91 Å². The van der Waals surface area contributed by atoms with E-state index in [9.17, 15) is 4.79 Å². The third kappa shape index (κ3) is 3.07. The van der Waals surface area contributed by atoms with Gasteiger partial charge in [-0.05, 0) is 35.7 Å². The molecule has 0 saturated heterocycles. The number of rotatable bonds is 4. The van der Waals surface area contributed by atoms with Crippen LogP contribution in [0.5, 0.6) is 0 Å². The van der Waals surface area contributed by atoms with Crippen molar-refractivity contribution in [1.82, 2.24) is 5.32 Å². The van der Waals surface area contributed by atoms with Gasteiger partial charge in [0.15, 0.2) is 0 Å². The third-order valence-corrected chi connectivity index (χ3v) is 2.98. The van der Waals surface area contributed by atoms with E-state index in [0.29, 0.717) is 6.42 Å². The summed E-state index contributed by atoms with van der Waals surface area (Å²) in [6.45, 7) is 3.76. The summed E-state index contributed by atoms with van der Waals surface area (Å²) < 4.78 is 0. The number of amides is 1. The fourth-order valence-corrected chi connectivity index (χ4v) is 2.01. The molecule has 2 atom stereocenters. The SMILES string of the molecule is CCC(C#N)C(=O)NC(C)c1ccsc1. The molecule has 2 unspecified atom stereocenters. The van der Waals surface area contributed by atoms with Gasteiger partial charge in [0.1, 0.15) is 5.92 Å². The minimum absolute atomic E-state index is 0.0221. The number of nitrogens with zero attached hydrogens (tertiary/aromatic N) is 1. The van der Waals surface area contributed by atoms with Gasteiger partial charge >= 0.3 is 0 Å². The summed E-state index contributed by atoms with van der Waals surface area (Å²) in [4.78, 5) is 11.6. The zero-order valence-electron chi connectivity index (χ0n) is 8.86. The molecule has 1 rings (SSSR count). The first-order valence-electron chi connectivity index (χ1n) is 4.91. The standard InChI is InChI=1S/C11H14N2OS/c1-3-9(6-12)11(14)13-8(2)10-4-5-15-7-10/h4-5,7-9H,3H2,1-2H3,(H,13,14). The normalized spacial score (nSPS) is 13.9. The Hall–Kier alpha value is -1.34. The Bertz CT molecular complexity index is 353. The number of carbonyl (C=O) groups excluding carboxylic acids is 1. The van der Waals surface area contributed by atoms with Gasteiger partial charge in [0.05, 0.1) is 12.1 Å². The fourth-order valence-electron chi connectivity index (χ4n) is 1.25. The quantitative estimate of drug-likeness (QED) is 0.850. The second-order valence-electron chi connectivity index (χ2n) is 3.38. The second kappa shape index (κ2) is 5.52. The summed E-state index contributed by atoms with van der Waals surface area (Å²) in [7, 11) is 0. The van der Waals surface area contributed by atoms with Crippen LogP contribution in [-0.4, -0.2) is 5.91 Å². The van der Waals surface area contributed by atoms with Gasteiger partial charge < -0.3 is 5.32 Å². The molecule has 0 aliphatic rings. The van der Waals surface area contributed by atoms with E-state index in [2.05, 4.69) is 5.32 Å². The van der Waals surface area contributed by atoms with Crippen LogP contribution in [0.4, 0.5) is 0 Å². The van der Waals surface area contributed by atoms with Crippen LogP contribution in [-0.2, 0) is 4.79 Å². The lowest BCUT2D eigenvalue weighted by Crippen LogP contribution is -2.31. The van der Waals surface area contributed by atoms with Gasteiger partial charge in [-0.1, -0.05) is 6.92 Å². The van der Waals surface area contributed by atoms with Crippen LogP contribution in [0.3, 0.4) is 0 Å². The van der Waals surface area contributed by atoms with Crippen molar-refractivity contribution >= 4 is 17.2 Å². The lowest BCUT2D eigenvalue weighted by molar-refractivity contribution is -0.124. The van der Waals surface area contributed by atoms with Crippen molar-refractivity contribution in [3.05, 3.63) is 22.4 Å². The van der Waals surface area contributed by atoms with Crippen molar-refractivity contribution in [1.29, 1.82) is 5.26 Å². The topological polar surface area (TPSA) is 52.9 Å². The summed E-state index contributed by atoms with van der Waals surface area (Å²) in [5.41, 5.74) is 1.08. The summed E-state index contributed by atoms with van der Waals surface area (Å²) in [6, 6.07) is 3.95. The molecule has 1 aromatic heterocycles. The Balaban J connectivity index is 2.56. The lowest BCUT2D eigenvalue weighted by atomic mass is 10.1. The molecule has 4 heteroatoms. The van der Waals surface area contributed by atoms with E-state index in [4.69, 9.17) is 5.26 Å². The van der Waals surface area contributed by atoms with Gasteiger partial charge in [-0.3, -0.25) is 4.79 Å². The number of thiophene rings is 1. The lowest BCUT2D eigenvalue weighted by Gasteiger charge is -2.14. The Kier molecular flexibility index (Phi) is 4.32. The fraction of sp³-hybridized carbons (Fsp3) is 0.455. The summed E-state index contributed by atoms with van der Waals surface area (Å²) in [5.74, 6) is -0.718. The molecule has 1 heterocycles. The van der Waals surface area contributed by atoms with E-state index in [-0.39, 0.29) is 11.9 Å². The van der Waals surface area contributed by atoms with Crippen LogP contribution in [0, 0.1) is 17.2 Å². The smallest absolute Gasteiger partial charge is 0.237 e. The zero-order chi connectivity index (χ0) is 11.3. The van der Waals surface area contributed by atoms with E-state index in [1.807, 2.05) is 36.7 Å². The maximum Gasteiger partial charge on any atom is 0.237 e. The van der Waals surface area contributed by atoms with Gasteiger partial charge in [-0.15, -0.1) is 0 Å². The minimum atomic E-state index is -0.536. The molecule has 0 fully saturated rings. The van der Waals surface area contributed by atoms with Crippen LogP contribution in [0.2, 0.25) is 0 Å². The largest absolute Gasteiger partial charge is 0.348 e. The van der Waals surface area contributed by atoms with E-state index in [1.54, 1.807) is 11.3 Å².